The highest BCUT2D eigenvalue weighted by atomic mass is 79.9. The second kappa shape index (κ2) is 7.44. The van der Waals surface area contributed by atoms with E-state index in [9.17, 15) is 4.79 Å². The van der Waals surface area contributed by atoms with Gasteiger partial charge < -0.3 is 20.3 Å². The first-order valence-corrected chi connectivity index (χ1v) is 8.61. The summed E-state index contributed by atoms with van der Waals surface area (Å²) in [4.78, 5) is 14.5. The Morgan fingerprint density at radius 1 is 1.50 bits per heavy atom. The highest BCUT2D eigenvalue weighted by molar-refractivity contribution is 9.10. The average molecular weight is 368 g/mol. The minimum Gasteiger partial charge on any atom is -0.378 e. The van der Waals surface area contributed by atoms with E-state index >= 15 is 0 Å². The van der Waals surface area contributed by atoms with E-state index in [4.69, 9.17) is 4.74 Å². The molecule has 1 aromatic carbocycles. The number of hydrogen-bond donors (Lipinski definition) is 2. The Morgan fingerprint density at radius 3 is 3.18 bits per heavy atom. The summed E-state index contributed by atoms with van der Waals surface area (Å²) in [6, 6.07) is 8.18. The summed E-state index contributed by atoms with van der Waals surface area (Å²) in [6.07, 6.45) is 1.11. The number of nitrogens with one attached hydrogen (secondary N) is 2. The van der Waals surface area contributed by atoms with Crippen LogP contribution in [0.1, 0.15) is 6.42 Å². The molecule has 3 rings (SSSR count). The summed E-state index contributed by atoms with van der Waals surface area (Å²) >= 11 is 3.52. The molecule has 2 saturated heterocycles. The minimum atomic E-state index is -0.198. The minimum absolute atomic E-state index is 0.0561. The van der Waals surface area contributed by atoms with Crippen LogP contribution in [-0.4, -0.2) is 51.3 Å². The molecule has 120 valence electrons. The molecular weight excluding hydrogens is 346 g/mol. The topological polar surface area (TPSA) is 53.6 Å². The lowest BCUT2D eigenvalue weighted by Gasteiger charge is -2.24. The number of morpholine rings is 1. The van der Waals surface area contributed by atoms with Crippen LogP contribution >= 0.6 is 15.9 Å². The van der Waals surface area contributed by atoms with E-state index in [-0.39, 0.29) is 11.9 Å². The lowest BCUT2D eigenvalue weighted by atomic mass is 10.1. The number of hydrogen-bond acceptors (Lipinski definition) is 4. The van der Waals surface area contributed by atoms with E-state index < -0.39 is 0 Å². The Morgan fingerprint density at radius 2 is 2.41 bits per heavy atom. The fourth-order valence-electron chi connectivity index (χ4n) is 3.01. The number of anilines is 1. The largest absolute Gasteiger partial charge is 0.378 e. The molecule has 1 aromatic rings. The SMILES string of the molecule is O=C(NCC1CCN(c2cccc(Br)c2)C1)C1COCCN1. The first-order chi connectivity index (χ1) is 10.7. The summed E-state index contributed by atoms with van der Waals surface area (Å²) in [7, 11) is 0. The average Bonchev–Trinajstić information content (AvgIpc) is 3.02. The van der Waals surface area contributed by atoms with Crippen LogP contribution in [0.4, 0.5) is 5.69 Å². The van der Waals surface area contributed by atoms with Gasteiger partial charge in [0.15, 0.2) is 0 Å². The second-order valence-electron chi connectivity index (χ2n) is 5.91. The first kappa shape index (κ1) is 15.8. The van der Waals surface area contributed by atoms with Gasteiger partial charge >= 0.3 is 0 Å². The number of nitrogens with zero attached hydrogens (tertiary/aromatic N) is 1. The van der Waals surface area contributed by atoms with Crippen LogP contribution in [0, 0.1) is 5.92 Å². The van der Waals surface area contributed by atoms with Gasteiger partial charge in [-0.2, -0.15) is 0 Å². The predicted octanol–water partition coefficient (Wildman–Crippen LogP) is 1.38. The quantitative estimate of drug-likeness (QED) is 0.843. The lowest BCUT2D eigenvalue weighted by molar-refractivity contribution is -0.126. The van der Waals surface area contributed by atoms with E-state index in [2.05, 4.69) is 49.7 Å². The Balaban J connectivity index is 1.46. The molecule has 0 saturated carbocycles. The molecule has 22 heavy (non-hydrogen) atoms. The van der Waals surface area contributed by atoms with Gasteiger partial charge in [0.2, 0.25) is 5.91 Å². The molecule has 2 heterocycles. The third-order valence-corrected chi connectivity index (χ3v) is 4.76. The summed E-state index contributed by atoms with van der Waals surface area (Å²) in [6.45, 7) is 4.68. The van der Waals surface area contributed by atoms with Gasteiger partial charge in [-0.25, -0.2) is 0 Å². The summed E-state index contributed by atoms with van der Waals surface area (Å²) in [5.74, 6) is 0.563. The normalized spacial score (nSPS) is 25.2. The zero-order valence-electron chi connectivity index (χ0n) is 12.6. The second-order valence-corrected chi connectivity index (χ2v) is 6.82. The van der Waals surface area contributed by atoms with Gasteiger partial charge in [-0.05, 0) is 30.5 Å². The molecule has 2 atom stereocenters. The highest BCUT2D eigenvalue weighted by Crippen LogP contribution is 2.25. The first-order valence-electron chi connectivity index (χ1n) is 7.82. The zero-order chi connectivity index (χ0) is 15.4. The number of benzene rings is 1. The zero-order valence-corrected chi connectivity index (χ0v) is 14.1. The molecule has 1 amide bonds. The van der Waals surface area contributed by atoms with Crippen LogP contribution in [-0.2, 0) is 9.53 Å². The van der Waals surface area contributed by atoms with E-state index in [1.54, 1.807) is 0 Å². The molecule has 2 aliphatic rings. The van der Waals surface area contributed by atoms with Crippen LogP contribution in [0.3, 0.4) is 0 Å². The molecule has 2 N–H and O–H groups in total. The van der Waals surface area contributed by atoms with Crippen molar-refractivity contribution in [3.8, 4) is 0 Å². The smallest absolute Gasteiger partial charge is 0.239 e. The number of carbonyl (C=O) groups excluding carboxylic acids is 1. The molecule has 0 spiro atoms. The van der Waals surface area contributed by atoms with Gasteiger partial charge in [-0.3, -0.25) is 4.79 Å². The van der Waals surface area contributed by atoms with E-state index in [0.717, 1.165) is 37.1 Å². The molecule has 0 bridgehead atoms. The molecule has 0 aliphatic carbocycles. The maximum Gasteiger partial charge on any atom is 0.239 e. The Kier molecular flexibility index (Phi) is 5.33. The van der Waals surface area contributed by atoms with Crippen molar-refractivity contribution < 1.29 is 9.53 Å². The molecule has 2 aliphatic heterocycles. The van der Waals surface area contributed by atoms with Crippen molar-refractivity contribution in [1.29, 1.82) is 0 Å². The third-order valence-electron chi connectivity index (χ3n) is 4.26. The summed E-state index contributed by atoms with van der Waals surface area (Å²) in [5, 5.41) is 6.24. The standard InChI is InChI=1S/C16H22BrN3O2/c17-13-2-1-3-14(8-13)20-6-4-12(10-20)9-19-16(21)15-11-22-7-5-18-15/h1-3,8,12,15,18H,4-7,9-11H2,(H,19,21). The highest BCUT2D eigenvalue weighted by Gasteiger charge is 2.25. The molecular formula is C16H22BrN3O2. The van der Waals surface area contributed by atoms with Gasteiger partial charge in [0.05, 0.1) is 13.2 Å². The van der Waals surface area contributed by atoms with E-state index in [1.807, 2.05) is 6.07 Å². The number of carbonyl (C=O) groups is 1. The Labute approximate surface area is 139 Å². The van der Waals surface area contributed by atoms with Crippen LogP contribution < -0.4 is 15.5 Å². The number of ether oxygens (including phenoxy) is 1. The van der Waals surface area contributed by atoms with Crippen molar-refractivity contribution in [2.45, 2.75) is 12.5 Å². The molecule has 2 fully saturated rings. The molecule has 0 radical (unpaired) electrons. The van der Waals surface area contributed by atoms with Crippen LogP contribution in [0.15, 0.2) is 28.7 Å². The summed E-state index contributed by atoms with van der Waals surface area (Å²) in [5.41, 5.74) is 1.24. The summed E-state index contributed by atoms with van der Waals surface area (Å²) < 4.78 is 6.43. The maximum absolute atomic E-state index is 12.1. The molecule has 2 unspecified atom stereocenters. The maximum atomic E-state index is 12.1. The molecule has 5 nitrogen and oxygen atoms in total. The van der Waals surface area contributed by atoms with Gasteiger partial charge in [0.1, 0.15) is 6.04 Å². The third kappa shape index (κ3) is 4.00. The fraction of sp³-hybridized carbons (Fsp3) is 0.562. The van der Waals surface area contributed by atoms with Gasteiger partial charge in [0.25, 0.3) is 0 Å². The van der Waals surface area contributed by atoms with Crippen LogP contribution in [0.5, 0.6) is 0 Å². The Hall–Kier alpha value is -1.11. The van der Waals surface area contributed by atoms with Crippen molar-refractivity contribution in [2.24, 2.45) is 5.92 Å². The van der Waals surface area contributed by atoms with Gasteiger partial charge in [-0.1, -0.05) is 22.0 Å². The lowest BCUT2D eigenvalue weighted by Crippen LogP contribution is -2.52. The Bertz CT molecular complexity index is 520. The van der Waals surface area contributed by atoms with E-state index in [1.165, 1.54) is 5.69 Å². The van der Waals surface area contributed by atoms with Crippen molar-refractivity contribution in [3.63, 3.8) is 0 Å². The molecule has 6 heteroatoms. The van der Waals surface area contributed by atoms with Crippen molar-refractivity contribution >= 4 is 27.5 Å². The molecule has 0 aromatic heterocycles. The van der Waals surface area contributed by atoms with Crippen LogP contribution in [0.25, 0.3) is 0 Å². The van der Waals surface area contributed by atoms with Gasteiger partial charge in [-0.15, -0.1) is 0 Å². The van der Waals surface area contributed by atoms with Crippen molar-refractivity contribution in [2.75, 3.05) is 44.3 Å². The van der Waals surface area contributed by atoms with Crippen molar-refractivity contribution in [3.05, 3.63) is 28.7 Å². The monoisotopic (exact) mass is 367 g/mol. The van der Waals surface area contributed by atoms with Crippen molar-refractivity contribution in [1.82, 2.24) is 10.6 Å². The fourth-order valence-corrected chi connectivity index (χ4v) is 3.40. The number of amides is 1. The number of rotatable bonds is 4. The van der Waals surface area contributed by atoms with Crippen LogP contribution in [0.2, 0.25) is 0 Å². The van der Waals surface area contributed by atoms with Gasteiger partial charge in [0, 0.05) is 36.3 Å². The number of halogens is 1. The van der Waals surface area contributed by atoms with E-state index in [0.29, 0.717) is 19.1 Å². The predicted molar refractivity (Wildman–Crippen MR) is 90.1 cm³/mol.